The second-order valence-corrected chi connectivity index (χ2v) is 5.65. The predicted octanol–water partition coefficient (Wildman–Crippen LogP) is 3.88. The Morgan fingerprint density at radius 2 is 2.10 bits per heavy atom. The topological polar surface area (TPSA) is 47.6 Å². The van der Waals surface area contributed by atoms with E-state index in [1.54, 1.807) is 32.9 Å². The third-order valence-electron chi connectivity index (χ3n) is 2.36. The second kappa shape index (κ2) is 6.79. The quantitative estimate of drug-likeness (QED) is 0.918. The lowest BCUT2D eigenvalue weighted by Gasteiger charge is -2.20. The molecule has 1 rings (SSSR count). The van der Waals surface area contributed by atoms with Crippen molar-refractivity contribution in [3.8, 4) is 5.75 Å². The molecule has 0 aromatic heterocycles. The summed E-state index contributed by atoms with van der Waals surface area (Å²) in [5.41, 5.74) is -0.235. The van der Waals surface area contributed by atoms with Crippen LogP contribution in [0.3, 0.4) is 0 Å². The first-order chi connectivity index (χ1) is 9.23. The fourth-order valence-corrected chi connectivity index (χ4v) is 1.67. The maximum Gasteiger partial charge on any atom is 0.407 e. The molecule has 0 fully saturated rings. The van der Waals surface area contributed by atoms with Gasteiger partial charge in [-0.05, 0) is 38.5 Å². The van der Waals surface area contributed by atoms with Crippen molar-refractivity contribution >= 4 is 17.7 Å². The lowest BCUT2D eigenvalue weighted by molar-refractivity contribution is 0.0513. The Balaban J connectivity index is 2.59. The summed E-state index contributed by atoms with van der Waals surface area (Å²) in [7, 11) is 1.46. The molecule has 0 aliphatic heterocycles. The Morgan fingerprint density at radius 3 is 2.65 bits per heavy atom. The molecule has 4 nitrogen and oxygen atoms in total. The Bertz CT molecular complexity index is 474. The van der Waals surface area contributed by atoms with Crippen molar-refractivity contribution in [1.29, 1.82) is 0 Å². The van der Waals surface area contributed by atoms with Gasteiger partial charge in [-0.15, -0.1) is 0 Å². The Kier molecular flexibility index (Phi) is 5.62. The first-order valence-corrected chi connectivity index (χ1v) is 6.55. The Labute approximate surface area is 123 Å². The number of methoxy groups -OCH3 is 1. The van der Waals surface area contributed by atoms with Crippen LogP contribution in [0.15, 0.2) is 18.2 Å². The van der Waals surface area contributed by atoms with Crippen molar-refractivity contribution in [1.82, 2.24) is 5.32 Å². The van der Waals surface area contributed by atoms with Crippen LogP contribution in [0, 0.1) is 0 Å². The number of carbonyl (C=O) groups is 1. The maximum atomic E-state index is 14.0. The maximum absolute atomic E-state index is 14.0. The minimum atomic E-state index is -1.37. The highest BCUT2D eigenvalue weighted by Crippen LogP contribution is 2.28. The zero-order valence-corrected chi connectivity index (χ0v) is 12.8. The molecule has 0 bridgehead atoms. The molecule has 0 saturated heterocycles. The van der Waals surface area contributed by atoms with Gasteiger partial charge in [0.1, 0.15) is 17.5 Å². The van der Waals surface area contributed by atoms with E-state index < -0.39 is 17.9 Å². The molecule has 1 aromatic carbocycles. The lowest BCUT2D eigenvalue weighted by atomic mass is 10.1. The molecule has 1 amide bonds. The van der Waals surface area contributed by atoms with E-state index in [0.717, 1.165) is 0 Å². The van der Waals surface area contributed by atoms with E-state index in [2.05, 4.69) is 5.32 Å². The molecule has 0 radical (unpaired) electrons. The molecule has 1 N–H and O–H groups in total. The number of hydrogen-bond acceptors (Lipinski definition) is 3. The highest BCUT2D eigenvalue weighted by molar-refractivity contribution is 6.32. The van der Waals surface area contributed by atoms with Crippen LogP contribution in [0.25, 0.3) is 0 Å². The highest BCUT2D eigenvalue weighted by atomic mass is 35.5. The molecular weight excluding hydrogens is 285 g/mol. The summed E-state index contributed by atoms with van der Waals surface area (Å²) in [5, 5.41) is 2.79. The molecule has 6 heteroatoms. The van der Waals surface area contributed by atoms with Crippen molar-refractivity contribution in [3.05, 3.63) is 28.8 Å². The fourth-order valence-electron chi connectivity index (χ4n) is 1.48. The predicted molar refractivity (Wildman–Crippen MR) is 76.1 cm³/mol. The van der Waals surface area contributed by atoms with Crippen molar-refractivity contribution in [2.45, 2.75) is 32.5 Å². The zero-order chi connectivity index (χ0) is 15.3. The zero-order valence-electron chi connectivity index (χ0n) is 12.0. The molecule has 0 spiro atoms. The summed E-state index contributed by atoms with van der Waals surface area (Å²) < 4.78 is 24.0. The van der Waals surface area contributed by atoms with E-state index in [0.29, 0.717) is 16.3 Å². The molecule has 112 valence electrons. The largest absolute Gasteiger partial charge is 0.495 e. The summed E-state index contributed by atoms with van der Waals surface area (Å²) in [6.07, 6.45) is -2.02. The fraction of sp³-hybridized carbons (Fsp3) is 0.500. The van der Waals surface area contributed by atoms with E-state index in [-0.39, 0.29) is 6.54 Å². The van der Waals surface area contributed by atoms with E-state index in [9.17, 15) is 9.18 Å². The van der Waals surface area contributed by atoms with Gasteiger partial charge < -0.3 is 14.8 Å². The normalized spacial score (nSPS) is 12.7. The van der Waals surface area contributed by atoms with Gasteiger partial charge in [0.25, 0.3) is 0 Å². The number of amides is 1. The van der Waals surface area contributed by atoms with E-state index in [1.807, 2.05) is 0 Å². The lowest BCUT2D eigenvalue weighted by Crippen LogP contribution is -2.34. The van der Waals surface area contributed by atoms with Crippen molar-refractivity contribution < 1.29 is 18.7 Å². The first-order valence-electron chi connectivity index (χ1n) is 6.17. The first kappa shape index (κ1) is 16.6. The standard InChI is InChI=1S/C14H19ClFNO3/c1-14(2,3)20-13(18)17-8-11(16)9-5-6-10(15)12(7-9)19-4/h5-7,11H,8H2,1-4H3,(H,17,18). The van der Waals surface area contributed by atoms with Gasteiger partial charge in [0.15, 0.2) is 0 Å². The van der Waals surface area contributed by atoms with Crippen LogP contribution in [-0.2, 0) is 4.74 Å². The number of carbonyl (C=O) groups excluding carboxylic acids is 1. The number of nitrogens with one attached hydrogen (secondary N) is 1. The van der Waals surface area contributed by atoms with Crippen LogP contribution in [0.4, 0.5) is 9.18 Å². The van der Waals surface area contributed by atoms with Crippen molar-refractivity contribution in [3.63, 3.8) is 0 Å². The van der Waals surface area contributed by atoms with Crippen LogP contribution >= 0.6 is 11.6 Å². The molecule has 1 unspecified atom stereocenters. The molecule has 20 heavy (non-hydrogen) atoms. The molecule has 0 aliphatic rings. The summed E-state index contributed by atoms with van der Waals surface area (Å²) in [6.45, 7) is 5.04. The monoisotopic (exact) mass is 303 g/mol. The third-order valence-corrected chi connectivity index (χ3v) is 2.67. The number of ether oxygens (including phenoxy) is 2. The van der Waals surface area contributed by atoms with Crippen molar-refractivity contribution in [2.24, 2.45) is 0 Å². The number of hydrogen-bond donors (Lipinski definition) is 1. The molecular formula is C14H19ClFNO3. The van der Waals surface area contributed by atoms with Crippen LogP contribution in [-0.4, -0.2) is 25.3 Å². The van der Waals surface area contributed by atoms with E-state index >= 15 is 0 Å². The van der Waals surface area contributed by atoms with Gasteiger partial charge in [-0.1, -0.05) is 17.7 Å². The van der Waals surface area contributed by atoms with Crippen molar-refractivity contribution in [2.75, 3.05) is 13.7 Å². The van der Waals surface area contributed by atoms with E-state index in [4.69, 9.17) is 21.1 Å². The number of rotatable bonds is 4. The summed E-state index contributed by atoms with van der Waals surface area (Å²) in [5.74, 6) is 0.393. The molecule has 0 saturated carbocycles. The van der Waals surface area contributed by atoms with Gasteiger partial charge in [0.05, 0.1) is 18.7 Å². The highest BCUT2D eigenvalue weighted by Gasteiger charge is 2.18. The molecule has 0 aliphatic carbocycles. The minimum absolute atomic E-state index is 0.181. The Hall–Kier alpha value is -1.49. The van der Waals surface area contributed by atoms with Crippen LogP contribution in [0.1, 0.15) is 32.5 Å². The van der Waals surface area contributed by atoms with Gasteiger partial charge in [0, 0.05) is 0 Å². The van der Waals surface area contributed by atoms with E-state index in [1.165, 1.54) is 13.2 Å². The summed E-state index contributed by atoms with van der Waals surface area (Å²) in [6, 6.07) is 4.60. The third kappa shape index (κ3) is 5.25. The summed E-state index contributed by atoms with van der Waals surface area (Å²) in [4.78, 5) is 11.4. The van der Waals surface area contributed by atoms with Crippen LogP contribution < -0.4 is 10.1 Å². The second-order valence-electron chi connectivity index (χ2n) is 5.24. The van der Waals surface area contributed by atoms with Gasteiger partial charge in [-0.3, -0.25) is 0 Å². The van der Waals surface area contributed by atoms with Gasteiger partial charge in [0.2, 0.25) is 0 Å². The molecule has 0 heterocycles. The van der Waals surface area contributed by atoms with Crippen LogP contribution in [0.2, 0.25) is 5.02 Å². The minimum Gasteiger partial charge on any atom is -0.495 e. The average Bonchev–Trinajstić information content (AvgIpc) is 2.34. The number of halogens is 2. The van der Waals surface area contributed by atoms with Crippen LogP contribution in [0.5, 0.6) is 5.75 Å². The van der Waals surface area contributed by atoms with Gasteiger partial charge in [-0.25, -0.2) is 9.18 Å². The number of alkyl halides is 1. The smallest absolute Gasteiger partial charge is 0.407 e. The SMILES string of the molecule is COc1cc(C(F)CNC(=O)OC(C)(C)C)ccc1Cl. The number of alkyl carbamates (subject to hydrolysis) is 1. The van der Waals surface area contributed by atoms with Gasteiger partial charge in [-0.2, -0.15) is 0 Å². The molecule has 1 aromatic rings. The average molecular weight is 304 g/mol. The molecule has 1 atom stereocenters. The summed E-state index contributed by atoms with van der Waals surface area (Å²) >= 11 is 5.86. The van der Waals surface area contributed by atoms with Gasteiger partial charge >= 0.3 is 6.09 Å². The number of benzene rings is 1. The Morgan fingerprint density at radius 1 is 1.45 bits per heavy atom.